The van der Waals surface area contributed by atoms with Crippen LogP contribution in [0.25, 0.3) is 0 Å². The Balaban J connectivity index is 2.05. The summed E-state index contributed by atoms with van der Waals surface area (Å²) in [6, 6.07) is 6.24. The van der Waals surface area contributed by atoms with E-state index < -0.39 is 0 Å². The molecule has 2 rings (SSSR count). The van der Waals surface area contributed by atoms with Crippen LogP contribution in [-0.4, -0.2) is 9.97 Å². The predicted octanol–water partition coefficient (Wildman–Crippen LogP) is 2.99. The first-order valence-corrected chi connectivity index (χ1v) is 5.50. The van der Waals surface area contributed by atoms with E-state index in [1.54, 1.807) is 24.5 Å². The summed E-state index contributed by atoms with van der Waals surface area (Å²) >= 11 is 3.28. The normalized spacial score (nSPS) is 10.1. The third kappa shape index (κ3) is 2.76. The second-order valence-corrected chi connectivity index (χ2v) is 4.00. The quantitative estimate of drug-likeness (QED) is 0.940. The summed E-state index contributed by atoms with van der Waals surface area (Å²) < 4.78 is 13.5. The maximum absolute atomic E-state index is 12.8. The average Bonchev–Trinajstić information content (AvgIpc) is 2.29. The van der Waals surface area contributed by atoms with Crippen molar-refractivity contribution >= 4 is 21.6 Å². The summed E-state index contributed by atoms with van der Waals surface area (Å²) in [4.78, 5) is 8.16. The van der Waals surface area contributed by atoms with E-state index in [4.69, 9.17) is 0 Å². The number of aromatic nitrogens is 2. The highest BCUT2D eigenvalue weighted by Gasteiger charge is 2.01. The highest BCUT2D eigenvalue weighted by atomic mass is 79.9. The second kappa shape index (κ2) is 5.03. The van der Waals surface area contributed by atoms with Crippen molar-refractivity contribution in [3.05, 3.63) is 52.8 Å². The van der Waals surface area contributed by atoms with Gasteiger partial charge < -0.3 is 5.32 Å². The molecule has 1 aromatic carbocycles. The zero-order chi connectivity index (χ0) is 11.4. The minimum Gasteiger partial charge on any atom is -0.377 e. The van der Waals surface area contributed by atoms with E-state index >= 15 is 0 Å². The van der Waals surface area contributed by atoms with Crippen molar-refractivity contribution in [3.8, 4) is 0 Å². The Morgan fingerprint density at radius 3 is 2.69 bits per heavy atom. The molecule has 0 aliphatic rings. The number of hydrogen-bond acceptors (Lipinski definition) is 3. The number of nitrogens with zero attached hydrogens (tertiary/aromatic N) is 2. The van der Waals surface area contributed by atoms with Gasteiger partial charge in [-0.05, 0) is 40.2 Å². The monoisotopic (exact) mass is 281 g/mol. The molecule has 1 aromatic heterocycles. The molecule has 16 heavy (non-hydrogen) atoms. The van der Waals surface area contributed by atoms with Gasteiger partial charge in [0.2, 0.25) is 0 Å². The van der Waals surface area contributed by atoms with Crippen LogP contribution >= 0.6 is 15.9 Å². The fraction of sp³-hybridized carbons (Fsp3) is 0.0909. The van der Waals surface area contributed by atoms with E-state index in [2.05, 4.69) is 31.2 Å². The summed E-state index contributed by atoms with van der Waals surface area (Å²) in [5.41, 5.74) is 0.814. The fourth-order valence-electron chi connectivity index (χ4n) is 1.23. The topological polar surface area (TPSA) is 37.8 Å². The van der Waals surface area contributed by atoms with Gasteiger partial charge in [0.15, 0.2) is 0 Å². The maximum atomic E-state index is 12.8. The molecule has 0 amide bonds. The van der Waals surface area contributed by atoms with Gasteiger partial charge in [0.1, 0.15) is 11.6 Å². The Kier molecular flexibility index (Phi) is 3.46. The SMILES string of the molecule is Fc1ccc(NCc2ncccn2)c(Br)c1. The van der Waals surface area contributed by atoms with Gasteiger partial charge in [0.05, 0.1) is 6.54 Å². The lowest BCUT2D eigenvalue weighted by Crippen LogP contribution is -2.03. The Hall–Kier alpha value is -1.49. The average molecular weight is 282 g/mol. The first-order valence-electron chi connectivity index (χ1n) is 4.70. The van der Waals surface area contributed by atoms with Crippen LogP contribution in [0.1, 0.15) is 5.82 Å². The smallest absolute Gasteiger partial charge is 0.147 e. The highest BCUT2D eigenvalue weighted by molar-refractivity contribution is 9.10. The lowest BCUT2D eigenvalue weighted by molar-refractivity contribution is 0.627. The van der Waals surface area contributed by atoms with Gasteiger partial charge in [-0.25, -0.2) is 14.4 Å². The van der Waals surface area contributed by atoms with Gasteiger partial charge in [-0.15, -0.1) is 0 Å². The van der Waals surface area contributed by atoms with Gasteiger partial charge >= 0.3 is 0 Å². The number of benzene rings is 1. The number of anilines is 1. The summed E-state index contributed by atoms with van der Waals surface area (Å²) in [6.45, 7) is 0.505. The third-order valence-corrected chi connectivity index (χ3v) is 2.64. The van der Waals surface area contributed by atoms with Crippen molar-refractivity contribution < 1.29 is 4.39 Å². The van der Waals surface area contributed by atoms with E-state index in [-0.39, 0.29) is 5.82 Å². The molecule has 0 radical (unpaired) electrons. The largest absolute Gasteiger partial charge is 0.377 e. The van der Waals surface area contributed by atoms with E-state index in [1.165, 1.54) is 12.1 Å². The van der Waals surface area contributed by atoms with Crippen molar-refractivity contribution in [2.75, 3.05) is 5.32 Å². The van der Waals surface area contributed by atoms with Crippen molar-refractivity contribution in [2.24, 2.45) is 0 Å². The van der Waals surface area contributed by atoms with Crippen molar-refractivity contribution in [3.63, 3.8) is 0 Å². The van der Waals surface area contributed by atoms with Crippen molar-refractivity contribution in [1.82, 2.24) is 9.97 Å². The molecule has 1 N–H and O–H groups in total. The molecular weight excluding hydrogens is 273 g/mol. The number of rotatable bonds is 3. The molecule has 82 valence electrons. The van der Waals surface area contributed by atoms with Crippen LogP contribution in [0.15, 0.2) is 41.1 Å². The van der Waals surface area contributed by atoms with E-state index in [0.717, 1.165) is 5.69 Å². The first kappa shape index (κ1) is 11.0. The summed E-state index contributed by atoms with van der Waals surface area (Å²) in [7, 11) is 0. The van der Waals surface area contributed by atoms with Gasteiger partial charge in [0, 0.05) is 22.6 Å². The molecule has 0 fully saturated rings. The van der Waals surface area contributed by atoms with Crippen molar-refractivity contribution in [1.29, 1.82) is 0 Å². The van der Waals surface area contributed by atoms with Crippen molar-refractivity contribution in [2.45, 2.75) is 6.54 Å². The molecule has 2 aromatic rings. The molecule has 0 bridgehead atoms. The summed E-state index contributed by atoms with van der Waals surface area (Å²) in [6.07, 6.45) is 3.37. The molecule has 0 aliphatic heterocycles. The standard InChI is InChI=1S/C11H9BrFN3/c12-9-6-8(13)2-3-10(9)16-7-11-14-4-1-5-15-11/h1-6,16H,7H2. The van der Waals surface area contributed by atoms with Crippen LogP contribution < -0.4 is 5.32 Å². The van der Waals surface area contributed by atoms with Gasteiger partial charge in [0.25, 0.3) is 0 Å². The molecule has 1 heterocycles. The molecular formula is C11H9BrFN3. The molecule has 0 saturated heterocycles. The first-order chi connectivity index (χ1) is 7.75. The molecule has 0 saturated carbocycles. The third-order valence-electron chi connectivity index (χ3n) is 1.99. The van der Waals surface area contributed by atoms with Crippen LogP contribution in [0.2, 0.25) is 0 Å². The lowest BCUT2D eigenvalue weighted by atomic mass is 10.3. The molecule has 3 nitrogen and oxygen atoms in total. The van der Waals surface area contributed by atoms with Gasteiger partial charge in [-0.2, -0.15) is 0 Å². The number of hydrogen-bond donors (Lipinski definition) is 1. The minimum atomic E-state index is -0.270. The Morgan fingerprint density at radius 1 is 1.25 bits per heavy atom. The van der Waals surface area contributed by atoms with E-state index in [0.29, 0.717) is 16.8 Å². The molecule has 0 unspecified atom stereocenters. The van der Waals surface area contributed by atoms with E-state index in [9.17, 15) is 4.39 Å². The molecule has 0 atom stereocenters. The van der Waals surface area contributed by atoms with Crippen LogP contribution in [0.4, 0.5) is 10.1 Å². The zero-order valence-corrected chi connectivity index (χ0v) is 9.91. The fourth-order valence-corrected chi connectivity index (χ4v) is 1.72. The lowest BCUT2D eigenvalue weighted by Gasteiger charge is -2.07. The Bertz CT molecular complexity index is 476. The van der Waals surface area contributed by atoms with Gasteiger partial charge in [-0.1, -0.05) is 0 Å². The van der Waals surface area contributed by atoms with Crippen LogP contribution in [0.5, 0.6) is 0 Å². The maximum Gasteiger partial charge on any atom is 0.147 e. The second-order valence-electron chi connectivity index (χ2n) is 3.14. The minimum absolute atomic E-state index is 0.270. The van der Waals surface area contributed by atoms with E-state index in [1.807, 2.05) is 0 Å². The zero-order valence-electron chi connectivity index (χ0n) is 8.32. The summed E-state index contributed by atoms with van der Waals surface area (Å²) in [5.74, 6) is 0.423. The van der Waals surface area contributed by atoms with Crippen LogP contribution in [0, 0.1) is 5.82 Å². The highest BCUT2D eigenvalue weighted by Crippen LogP contribution is 2.23. The summed E-state index contributed by atoms with van der Waals surface area (Å²) in [5, 5.41) is 3.12. The number of halogens is 2. The van der Waals surface area contributed by atoms with Crippen LogP contribution in [-0.2, 0) is 6.54 Å². The Morgan fingerprint density at radius 2 is 2.00 bits per heavy atom. The molecule has 0 spiro atoms. The molecule has 0 aliphatic carbocycles. The number of nitrogens with one attached hydrogen (secondary N) is 1. The van der Waals surface area contributed by atoms with Crippen LogP contribution in [0.3, 0.4) is 0 Å². The Labute approximate surface area is 101 Å². The van der Waals surface area contributed by atoms with Gasteiger partial charge in [-0.3, -0.25) is 0 Å². The predicted molar refractivity (Wildman–Crippen MR) is 63.5 cm³/mol. The molecule has 5 heteroatoms.